The number of nitrogens with one attached hydrogen (secondary N) is 2. The lowest BCUT2D eigenvalue weighted by atomic mass is 10.0. The van der Waals surface area contributed by atoms with Crippen LogP contribution in [0, 0.1) is 0 Å². The molecule has 0 aliphatic rings. The minimum Gasteiger partial charge on any atom is -0.385 e. The maximum atomic E-state index is 12.2. The molecule has 24 heavy (non-hydrogen) atoms. The van der Waals surface area contributed by atoms with E-state index in [2.05, 4.69) is 28.8 Å². The number of para-hydroxylation sites is 1. The highest BCUT2D eigenvalue weighted by atomic mass is 16.1. The smallest absolute Gasteiger partial charge is 0.224 e. The molecule has 2 N–H and O–H groups in total. The van der Waals surface area contributed by atoms with Crippen molar-refractivity contribution in [3.8, 4) is 0 Å². The Morgan fingerprint density at radius 1 is 0.792 bits per heavy atom. The molecule has 0 unspecified atom stereocenters. The first-order valence-corrected chi connectivity index (χ1v) is 8.35. The van der Waals surface area contributed by atoms with Gasteiger partial charge in [0.2, 0.25) is 5.91 Å². The van der Waals surface area contributed by atoms with E-state index in [0.29, 0.717) is 13.0 Å². The maximum Gasteiger partial charge on any atom is 0.224 e. The summed E-state index contributed by atoms with van der Waals surface area (Å²) in [4.78, 5) is 12.2. The van der Waals surface area contributed by atoms with Gasteiger partial charge in [-0.15, -0.1) is 0 Å². The van der Waals surface area contributed by atoms with Crippen LogP contribution in [0.3, 0.4) is 0 Å². The zero-order chi connectivity index (χ0) is 16.6. The third-order valence-electron chi connectivity index (χ3n) is 4.01. The first-order valence-electron chi connectivity index (χ1n) is 8.35. The average Bonchev–Trinajstić information content (AvgIpc) is 2.63. The van der Waals surface area contributed by atoms with E-state index >= 15 is 0 Å². The molecule has 0 fully saturated rings. The predicted molar refractivity (Wildman–Crippen MR) is 100 cm³/mol. The number of rotatable bonds is 7. The topological polar surface area (TPSA) is 41.1 Å². The second-order valence-corrected chi connectivity index (χ2v) is 5.81. The molecule has 3 aromatic rings. The van der Waals surface area contributed by atoms with Gasteiger partial charge in [0, 0.05) is 18.8 Å². The number of anilines is 1. The molecule has 0 radical (unpaired) electrons. The average molecular weight is 318 g/mol. The second-order valence-electron chi connectivity index (χ2n) is 5.81. The summed E-state index contributed by atoms with van der Waals surface area (Å²) in [5.74, 6) is 0.0751. The van der Waals surface area contributed by atoms with Gasteiger partial charge in [0.15, 0.2) is 0 Å². The highest BCUT2D eigenvalue weighted by Crippen LogP contribution is 2.18. The molecule has 3 rings (SSSR count). The van der Waals surface area contributed by atoms with Gasteiger partial charge in [-0.25, -0.2) is 0 Å². The van der Waals surface area contributed by atoms with Gasteiger partial charge >= 0.3 is 0 Å². The second kappa shape index (κ2) is 8.16. The Bertz CT molecular complexity index is 794. The fraction of sp³-hybridized carbons (Fsp3) is 0.190. The third kappa shape index (κ3) is 4.35. The Hall–Kier alpha value is -2.81. The van der Waals surface area contributed by atoms with Gasteiger partial charge < -0.3 is 10.6 Å². The van der Waals surface area contributed by atoms with Crippen LogP contribution < -0.4 is 10.6 Å². The molecule has 0 spiro atoms. The quantitative estimate of drug-likeness (QED) is 0.647. The highest BCUT2D eigenvalue weighted by molar-refractivity contribution is 5.90. The fourth-order valence-corrected chi connectivity index (χ4v) is 2.79. The van der Waals surface area contributed by atoms with Crippen LogP contribution in [0.1, 0.15) is 12.0 Å². The van der Waals surface area contributed by atoms with Crippen molar-refractivity contribution >= 4 is 22.4 Å². The lowest BCUT2D eigenvalue weighted by molar-refractivity contribution is -0.120. The number of carbonyl (C=O) groups is 1. The van der Waals surface area contributed by atoms with Gasteiger partial charge in [-0.3, -0.25) is 4.79 Å². The van der Waals surface area contributed by atoms with E-state index in [1.54, 1.807) is 0 Å². The van der Waals surface area contributed by atoms with E-state index in [9.17, 15) is 4.79 Å². The van der Waals surface area contributed by atoms with Crippen molar-refractivity contribution in [1.29, 1.82) is 0 Å². The summed E-state index contributed by atoms with van der Waals surface area (Å²) in [6, 6.07) is 24.4. The molecule has 0 bridgehead atoms. The van der Waals surface area contributed by atoms with Crippen LogP contribution in [0.25, 0.3) is 10.8 Å². The zero-order valence-corrected chi connectivity index (χ0v) is 13.7. The Balaban J connectivity index is 1.44. The summed E-state index contributed by atoms with van der Waals surface area (Å²) in [6.07, 6.45) is 1.32. The number of benzene rings is 3. The molecule has 3 heteroatoms. The predicted octanol–water partition coefficient (Wildman–Crippen LogP) is 4.00. The molecule has 0 aliphatic heterocycles. The Kier molecular flexibility index (Phi) is 5.46. The van der Waals surface area contributed by atoms with Gasteiger partial charge in [0.1, 0.15) is 0 Å². The van der Waals surface area contributed by atoms with Crippen molar-refractivity contribution in [1.82, 2.24) is 5.32 Å². The lowest BCUT2D eigenvalue weighted by Crippen LogP contribution is -2.27. The van der Waals surface area contributed by atoms with Crippen LogP contribution in [0.5, 0.6) is 0 Å². The molecule has 0 heterocycles. The number of hydrogen-bond donors (Lipinski definition) is 2. The van der Waals surface area contributed by atoms with Crippen molar-refractivity contribution in [2.45, 2.75) is 12.8 Å². The number of fused-ring (bicyclic) bond motifs is 1. The summed E-state index contributed by atoms with van der Waals surface area (Å²) >= 11 is 0. The van der Waals surface area contributed by atoms with E-state index in [-0.39, 0.29) is 5.91 Å². The van der Waals surface area contributed by atoms with E-state index in [1.165, 1.54) is 5.39 Å². The molecule has 0 saturated heterocycles. The first-order chi connectivity index (χ1) is 11.8. The Morgan fingerprint density at radius 3 is 2.42 bits per heavy atom. The Labute approximate surface area is 142 Å². The van der Waals surface area contributed by atoms with E-state index in [1.807, 2.05) is 54.6 Å². The van der Waals surface area contributed by atoms with Crippen LogP contribution in [0.15, 0.2) is 72.8 Å². The van der Waals surface area contributed by atoms with E-state index in [0.717, 1.165) is 29.6 Å². The molecule has 122 valence electrons. The SMILES string of the molecule is O=C(Cc1cccc2ccccc12)NCCCNc1ccccc1. The van der Waals surface area contributed by atoms with Crippen LogP contribution in [0.2, 0.25) is 0 Å². The van der Waals surface area contributed by atoms with Gasteiger partial charge in [-0.1, -0.05) is 60.7 Å². The van der Waals surface area contributed by atoms with E-state index < -0.39 is 0 Å². The molecule has 0 atom stereocenters. The molecule has 3 aromatic carbocycles. The van der Waals surface area contributed by atoms with Crippen molar-refractivity contribution < 1.29 is 4.79 Å². The molecule has 0 aromatic heterocycles. The minimum atomic E-state index is 0.0751. The van der Waals surface area contributed by atoms with Crippen molar-refractivity contribution in [3.05, 3.63) is 78.4 Å². The van der Waals surface area contributed by atoms with Crippen LogP contribution >= 0.6 is 0 Å². The fourth-order valence-electron chi connectivity index (χ4n) is 2.79. The summed E-state index contributed by atoms with van der Waals surface area (Å²) in [7, 11) is 0. The van der Waals surface area contributed by atoms with Crippen molar-refractivity contribution in [2.75, 3.05) is 18.4 Å². The summed E-state index contributed by atoms with van der Waals surface area (Å²) in [6.45, 7) is 1.53. The summed E-state index contributed by atoms with van der Waals surface area (Å²) in [5.41, 5.74) is 2.19. The third-order valence-corrected chi connectivity index (χ3v) is 4.01. The number of amides is 1. The normalized spacial score (nSPS) is 10.5. The summed E-state index contributed by atoms with van der Waals surface area (Å²) in [5, 5.41) is 8.67. The standard InChI is InChI=1S/C21H22N2O/c24-21(23-15-7-14-22-19-11-2-1-3-12-19)16-18-10-6-9-17-8-4-5-13-20(17)18/h1-6,8-13,22H,7,14-16H2,(H,23,24). The van der Waals surface area contributed by atoms with Gasteiger partial charge in [0.25, 0.3) is 0 Å². The van der Waals surface area contributed by atoms with Crippen LogP contribution in [0.4, 0.5) is 5.69 Å². The number of carbonyl (C=O) groups excluding carboxylic acids is 1. The molecular weight excluding hydrogens is 296 g/mol. The largest absolute Gasteiger partial charge is 0.385 e. The number of hydrogen-bond acceptors (Lipinski definition) is 2. The molecule has 1 amide bonds. The van der Waals surface area contributed by atoms with Gasteiger partial charge in [-0.05, 0) is 34.9 Å². The monoisotopic (exact) mass is 318 g/mol. The maximum absolute atomic E-state index is 12.2. The van der Waals surface area contributed by atoms with Gasteiger partial charge in [0.05, 0.1) is 6.42 Å². The Morgan fingerprint density at radius 2 is 1.54 bits per heavy atom. The molecule has 0 saturated carbocycles. The minimum absolute atomic E-state index is 0.0751. The molecule has 3 nitrogen and oxygen atoms in total. The molecule has 0 aliphatic carbocycles. The van der Waals surface area contributed by atoms with E-state index in [4.69, 9.17) is 0 Å². The molecular formula is C21H22N2O. The highest BCUT2D eigenvalue weighted by Gasteiger charge is 2.06. The lowest BCUT2D eigenvalue weighted by Gasteiger charge is -2.09. The van der Waals surface area contributed by atoms with Crippen LogP contribution in [-0.2, 0) is 11.2 Å². The van der Waals surface area contributed by atoms with Gasteiger partial charge in [-0.2, -0.15) is 0 Å². The van der Waals surface area contributed by atoms with Crippen molar-refractivity contribution in [2.24, 2.45) is 0 Å². The van der Waals surface area contributed by atoms with Crippen LogP contribution in [-0.4, -0.2) is 19.0 Å². The zero-order valence-electron chi connectivity index (χ0n) is 13.7. The van der Waals surface area contributed by atoms with Crippen molar-refractivity contribution in [3.63, 3.8) is 0 Å². The summed E-state index contributed by atoms with van der Waals surface area (Å²) < 4.78 is 0. The first kappa shape index (κ1) is 16.1.